The molecule has 1 aliphatic carbocycles. The molecular formula is C22H34N2O2S. The van der Waals surface area contributed by atoms with Crippen LogP contribution in [-0.4, -0.2) is 35.8 Å². The van der Waals surface area contributed by atoms with Gasteiger partial charge in [-0.1, -0.05) is 34.6 Å². The van der Waals surface area contributed by atoms with E-state index in [1.165, 1.54) is 16.9 Å². The molecule has 150 valence electrons. The normalized spacial score (nSPS) is 23.3. The summed E-state index contributed by atoms with van der Waals surface area (Å²) >= 11 is 1.69. The average molecular weight is 391 g/mol. The number of carbonyl (C=O) groups is 2. The first kappa shape index (κ1) is 20.4. The Morgan fingerprint density at radius 3 is 2.67 bits per heavy atom. The van der Waals surface area contributed by atoms with E-state index in [1.807, 2.05) is 18.7 Å². The lowest BCUT2D eigenvalue weighted by Gasteiger charge is -2.33. The maximum Gasteiger partial charge on any atom is 0.264 e. The first-order valence-corrected chi connectivity index (χ1v) is 11.2. The van der Waals surface area contributed by atoms with Crippen LogP contribution in [0.5, 0.6) is 0 Å². The molecule has 0 bridgehead atoms. The number of nitrogens with zero attached hydrogens (tertiary/aromatic N) is 1. The summed E-state index contributed by atoms with van der Waals surface area (Å²) in [5.74, 6) is 0.892. The molecular weight excluding hydrogens is 356 g/mol. The third-order valence-electron chi connectivity index (χ3n) is 6.10. The molecule has 27 heavy (non-hydrogen) atoms. The zero-order valence-electron chi connectivity index (χ0n) is 17.4. The highest BCUT2D eigenvalue weighted by atomic mass is 32.1. The van der Waals surface area contributed by atoms with E-state index in [0.717, 1.165) is 37.1 Å². The summed E-state index contributed by atoms with van der Waals surface area (Å²) in [5, 5.41) is 3.10. The molecule has 1 aromatic rings. The summed E-state index contributed by atoms with van der Waals surface area (Å²) in [6, 6.07) is 2.23. The van der Waals surface area contributed by atoms with Crippen LogP contribution >= 0.6 is 11.3 Å². The van der Waals surface area contributed by atoms with E-state index in [-0.39, 0.29) is 23.8 Å². The Kier molecular flexibility index (Phi) is 5.99. The molecule has 1 saturated heterocycles. The van der Waals surface area contributed by atoms with Crippen LogP contribution < -0.4 is 5.32 Å². The van der Waals surface area contributed by atoms with E-state index in [2.05, 4.69) is 32.2 Å². The number of fused-ring (bicyclic) bond motifs is 1. The molecule has 1 aliphatic heterocycles. The van der Waals surface area contributed by atoms with Gasteiger partial charge in [-0.15, -0.1) is 11.3 Å². The van der Waals surface area contributed by atoms with E-state index in [0.29, 0.717) is 17.9 Å². The first-order chi connectivity index (χ1) is 12.6. The fourth-order valence-electron chi connectivity index (χ4n) is 4.17. The zero-order valence-corrected chi connectivity index (χ0v) is 18.2. The minimum absolute atomic E-state index is 0.0177. The van der Waals surface area contributed by atoms with E-state index in [9.17, 15) is 9.59 Å². The molecule has 1 aromatic heterocycles. The minimum Gasteiger partial charge on any atom is -0.351 e. The van der Waals surface area contributed by atoms with Gasteiger partial charge in [-0.2, -0.15) is 0 Å². The smallest absolute Gasteiger partial charge is 0.264 e. The maximum absolute atomic E-state index is 13.1. The van der Waals surface area contributed by atoms with Gasteiger partial charge in [0.1, 0.15) is 0 Å². The van der Waals surface area contributed by atoms with Gasteiger partial charge in [0.05, 0.1) is 4.88 Å². The Labute approximate surface area is 167 Å². The lowest BCUT2D eigenvalue weighted by atomic mass is 9.72. The van der Waals surface area contributed by atoms with Crippen molar-refractivity contribution in [3.8, 4) is 0 Å². The van der Waals surface area contributed by atoms with Crippen LogP contribution in [0, 0.1) is 17.3 Å². The van der Waals surface area contributed by atoms with Gasteiger partial charge >= 0.3 is 0 Å². The van der Waals surface area contributed by atoms with E-state index >= 15 is 0 Å². The fourth-order valence-corrected chi connectivity index (χ4v) is 5.35. The standard InChI is InChI=1S/C22H34N2O2S/c1-14(2)20(25)23-17-7-6-10-24(13-17)21(26)19-12-15-11-16(22(3,4)5)8-9-18(15)27-19/h12,14,16-17H,6-11,13H2,1-5H3,(H,23,25). The van der Waals surface area contributed by atoms with Crippen molar-refractivity contribution < 1.29 is 9.59 Å². The zero-order chi connectivity index (χ0) is 19.8. The van der Waals surface area contributed by atoms with Crippen LogP contribution in [0.2, 0.25) is 0 Å². The molecule has 0 aromatic carbocycles. The van der Waals surface area contributed by atoms with Crippen molar-refractivity contribution in [3.05, 3.63) is 21.4 Å². The van der Waals surface area contributed by atoms with Crippen LogP contribution in [0.15, 0.2) is 6.07 Å². The number of aryl methyl sites for hydroxylation is 1. The summed E-state index contributed by atoms with van der Waals surface area (Å²) in [6.07, 6.45) is 5.32. The Hall–Kier alpha value is -1.36. The van der Waals surface area contributed by atoms with Gasteiger partial charge < -0.3 is 10.2 Å². The summed E-state index contributed by atoms with van der Waals surface area (Å²) in [7, 11) is 0. The monoisotopic (exact) mass is 390 g/mol. The van der Waals surface area contributed by atoms with Crippen LogP contribution in [-0.2, 0) is 17.6 Å². The highest BCUT2D eigenvalue weighted by molar-refractivity contribution is 7.14. The molecule has 1 N–H and O–H groups in total. The summed E-state index contributed by atoms with van der Waals surface area (Å²) < 4.78 is 0. The topological polar surface area (TPSA) is 49.4 Å². The van der Waals surface area contributed by atoms with Gasteiger partial charge in [-0.3, -0.25) is 9.59 Å². The number of rotatable bonds is 3. The molecule has 0 radical (unpaired) electrons. The number of carbonyl (C=O) groups excluding carboxylic acids is 2. The van der Waals surface area contributed by atoms with Crippen molar-refractivity contribution in [2.24, 2.45) is 17.3 Å². The number of hydrogen-bond donors (Lipinski definition) is 1. The van der Waals surface area contributed by atoms with Gasteiger partial charge in [0.2, 0.25) is 5.91 Å². The van der Waals surface area contributed by atoms with Gasteiger partial charge in [0, 0.05) is 29.9 Å². The fraction of sp³-hybridized carbons (Fsp3) is 0.727. The Balaban J connectivity index is 1.66. The second-order valence-corrected chi connectivity index (χ2v) is 10.8. The first-order valence-electron chi connectivity index (χ1n) is 10.4. The summed E-state index contributed by atoms with van der Waals surface area (Å²) in [6.45, 7) is 12.2. The molecule has 0 spiro atoms. The molecule has 2 atom stereocenters. The highest BCUT2D eigenvalue weighted by Gasteiger charge is 2.32. The number of piperidine rings is 1. The van der Waals surface area contributed by atoms with Crippen molar-refractivity contribution in [3.63, 3.8) is 0 Å². The maximum atomic E-state index is 13.1. The lowest BCUT2D eigenvalue weighted by Crippen LogP contribution is -2.50. The van der Waals surface area contributed by atoms with Crippen LogP contribution in [0.4, 0.5) is 0 Å². The molecule has 3 rings (SSSR count). The third kappa shape index (κ3) is 4.74. The number of likely N-dealkylation sites (tertiary alicyclic amines) is 1. The molecule has 1 fully saturated rings. The minimum atomic E-state index is -0.0177. The van der Waals surface area contributed by atoms with Gasteiger partial charge in [0.25, 0.3) is 5.91 Å². The summed E-state index contributed by atoms with van der Waals surface area (Å²) in [4.78, 5) is 29.3. The van der Waals surface area contributed by atoms with E-state index in [4.69, 9.17) is 0 Å². The van der Waals surface area contributed by atoms with Crippen LogP contribution in [0.25, 0.3) is 0 Å². The largest absolute Gasteiger partial charge is 0.351 e. The Morgan fingerprint density at radius 2 is 2.00 bits per heavy atom. The third-order valence-corrected chi connectivity index (χ3v) is 7.32. The average Bonchev–Trinajstić information content (AvgIpc) is 3.03. The second kappa shape index (κ2) is 7.94. The van der Waals surface area contributed by atoms with Gasteiger partial charge in [-0.25, -0.2) is 0 Å². The molecule has 4 nitrogen and oxygen atoms in total. The van der Waals surface area contributed by atoms with E-state index in [1.54, 1.807) is 11.3 Å². The quantitative estimate of drug-likeness (QED) is 0.838. The predicted molar refractivity (Wildman–Crippen MR) is 111 cm³/mol. The highest BCUT2D eigenvalue weighted by Crippen LogP contribution is 2.40. The lowest BCUT2D eigenvalue weighted by molar-refractivity contribution is -0.125. The van der Waals surface area contributed by atoms with Crippen molar-refractivity contribution in [2.45, 2.75) is 72.8 Å². The van der Waals surface area contributed by atoms with Crippen LogP contribution in [0.1, 0.15) is 74.0 Å². The number of thiophene rings is 1. The summed E-state index contributed by atoms with van der Waals surface area (Å²) in [5.41, 5.74) is 1.70. The number of nitrogens with one attached hydrogen (secondary N) is 1. The van der Waals surface area contributed by atoms with Crippen molar-refractivity contribution in [1.82, 2.24) is 10.2 Å². The van der Waals surface area contributed by atoms with Gasteiger partial charge in [0.15, 0.2) is 0 Å². The van der Waals surface area contributed by atoms with Crippen molar-refractivity contribution in [1.29, 1.82) is 0 Å². The molecule has 2 unspecified atom stereocenters. The molecule has 2 aliphatic rings. The Morgan fingerprint density at radius 1 is 1.26 bits per heavy atom. The van der Waals surface area contributed by atoms with E-state index < -0.39 is 0 Å². The molecule has 2 amide bonds. The molecule has 0 saturated carbocycles. The van der Waals surface area contributed by atoms with Crippen molar-refractivity contribution in [2.75, 3.05) is 13.1 Å². The molecule has 5 heteroatoms. The van der Waals surface area contributed by atoms with Crippen molar-refractivity contribution >= 4 is 23.2 Å². The van der Waals surface area contributed by atoms with Gasteiger partial charge in [-0.05, 0) is 55.1 Å². The number of amides is 2. The second-order valence-electron chi connectivity index (χ2n) is 9.62. The Bertz CT molecular complexity index is 702. The molecule has 2 heterocycles. The van der Waals surface area contributed by atoms with Crippen LogP contribution in [0.3, 0.4) is 0 Å². The number of hydrogen-bond acceptors (Lipinski definition) is 3. The SMILES string of the molecule is CC(C)C(=O)NC1CCCN(C(=O)c2cc3c(s2)CCC(C(C)(C)C)C3)C1. The predicted octanol–water partition coefficient (Wildman–Crippen LogP) is 4.28.